The molecule has 5 heteroatoms. The summed E-state index contributed by atoms with van der Waals surface area (Å²) in [6.45, 7) is 7.19. The van der Waals surface area contributed by atoms with E-state index in [4.69, 9.17) is 16.9 Å². The molecule has 0 atom stereocenters. The molecule has 1 rings (SSSR count). The molecule has 0 saturated carbocycles. The average molecular weight is 228 g/mol. The predicted octanol–water partition coefficient (Wildman–Crippen LogP) is 2.18. The first-order valence-corrected chi connectivity index (χ1v) is 5.03. The van der Waals surface area contributed by atoms with Gasteiger partial charge in [0, 0.05) is 6.07 Å². The van der Waals surface area contributed by atoms with Gasteiger partial charge in [0.2, 0.25) is 0 Å². The highest BCUT2D eigenvalue weighted by Crippen LogP contribution is 2.10. The van der Waals surface area contributed by atoms with Crippen LogP contribution in [0, 0.1) is 11.3 Å². The molecule has 82 valence electrons. The Labute approximate surface area is 94.1 Å². The van der Waals surface area contributed by atoms with Crippen molar-refractivity contribution in [2.24, 2.45) is 0 Å². The predicted molar refractivity (Wildman–Crippen MR) is 59.8 cm³/mol. The number of nitrogens with zero attached hydrogens (tertiary/aromatic N) is 3. The normalized spacial score (nSPS) is 9.87. The minimum atomic E-state index is -0.970. The van der Waals surface area contributed by atoms with Crippen LogP contribution >= 0.6 is 11.6 Å². The zero-order valence-corrected chi connectivity index (χ0v) is 10.0. The van der Waals surface area contributed by atoms with Gasteiger partial charge in [0.1, 0.15) is 10.7 Å². The van der Waals surface area contributed by atoms with Crippen LogP contribution in [0.5, 0.6) is 0 Å². The molecule has 0 radical (unpaired) electrons. The smallest absolute Gasteiger partial charge is 0.268 e. The van der Waals surface area contributed by atoms with Gasteiger partial charge in [-0.15, -0.1) is 0 Å². The van der Waals surface area contributed by atoms with Crippen LogP contribution < -0.4 is 5.56 Å². The van der Waals surface area contributed by atoms with E-state index in [9.17, 15) is 4.79 Å². The molecule has 15 heavy (non-hydrogen) atoms. The highest BCUT2D eigenvalue weighted by molar-refractivity contribution is 6.29. The number of halogens is 1. The van der Waals surface area contributed by atoms with E-state index >= 15 is 0 Å². The van der Waals surface area contributed by atoms with Crippen molar-refractivity contribution < 1.29 is 0 Å². The van der Waals surface area contributed by atoms with Crippen molar-refractivity contribution in [2.45, 2.75) is 33.2 Å². The Balaban J connectivity index is 0.000000921. The molecule has 0 spiro atoms. The second-order valence-electron chi connectivity index (χ2n) is 3.08. The third-order valence-electron chi connectivity index (χ3n) is 1.57. The Morgan fingerprint density at radius 3 is 2.47 bits per heavy atom. The summed E-state index contributed by atoms with van der Waals surface area (Å²) in [5.74, 6) is 0. The Bertz CT molecular complexity index is 417. The minimum absolute atomic E-state index is 0.197. The fraction of sp³-hybridized carbons (Fsp3) is 0.500. The summed E-state index contributed by atoms with van der Waals surface area (Å²) < 4.78 is 1.06. The van der Waals surface area contributed by atoms with Gasteiger partial charge in [-0.1, -0.05) is 25.4 Å². The zero-order valence-electron chi connectivity index (χ0n) is 9.28. The van der Waals surface area contributed by atoms with Gasteiger partial charge in [-0.25, -0.2) is 4.68 Å². The molecular formula is C10H14ClN3O. The van der Waals surface area contributed by atoms with Crippen LogP contribution in [-0.4, -0.2) is 9.78 Å². The van der Waals surface area contributed by atoms with Crippen LogP contribution in [0.2, 0.25) is 5.15 Å². The second kappa shape index (κ2) is 5.52. The van der Waals surface area contributed by atoms with Crippen molar-refractivity contribution in [3.63, 3.8) is 0 Å². The largest absolute Gasteiger partial charge is 0.268 e. The highest BCUT2D eigenvalue weighted by Gasteiger charge is 2.21. The molecule has 0 aromatic carbocycles. The van der Waals surface area contributed by atoms with Crippen LogP contribution in [0.4, 0.5) is 0 Å². The third kappa shape index (κ3) is 3.37. The lowest BCUT2D eigenvalue weighted by Gasteiger charge is -2.16. The molecule has 0 saturated heterocycles. The summed E-state index contributed by atoms with van der Waals surface area (Å²) in [6, 6.07) is 4.65. The standard InChI is InChI=1S/C8H8ClN3O.C2H6/c1-8(2,5-10)12-7(13)4-3-6(9)11-12;1-2/h3-4H,1-2H3;1-2H3. The van der Waals surface area contributed by atoms with Crippen molar-refractivity contribution in [3.05, 3.63) is 27.6 Å². The molecule has 0 unspecified atom stereocenters. The molecule has 1 aromatic heterocycles. The Kier molecular flexibility index (Phi) is 5.03. The topological polar surface area (TPSA) is 58.7 Å². The molecule has 0 aliphatic rings. The lowest BCUT2D eigenvalue weighted by atomic mass is 10.1. The first-order valence-electron chi connectivity index (χ1n) is 4.65. The van der Waals surface area contributed by atoms with E-state index in [-0.39, 0.29) is 10.7 Å². The van der Waals surface area contributed by atoms with Gasteiger partial charge in [0.05, 0.1) is 6.07 Å². The lowest BCUT2D eigenvalue weighted by Crippen LogP contribution is -2.36. The van der Waals surface area contributed by atoms with Crippen LogP contribution in [0.3, 0.4) is 0 Å². The van der Waals surface area contributed by atoms with E-state index in [1.165, 1.54) is 12.1 Å². The van der Waals surface area contributed by atoms with Crippen molar-refractivity contribution in [2.75, 3.05) is 0 Å². The van der Waals surface area contributed by atoms with E-state index in [0.717, 1.165) is 4.68 Å². The van der Waals surface area contributed by atoms with E-state index < -0.39 is 5.54 Å². The summed E-state index contributed by atoms with van der Waals surface area (Å²) in [6.07, 6.45) is 0. The van der Waals surface area contributed by atoms with Crippen LogP contribution in [0.1, 0.15) is 27.7 Å². The van der Waals surface area contributed by atoms with Crippen molar-refractivity contribution in [3.8, 4) is 6.07 Å². The number of nitriles is 1. The lowest BCUT2D eigenvalue weighted by molar-refractivity contribution is 0.397. The van der Waals surface area contributed by atoms with Crippen LogP contribution in [-0.2, 0) is 5.54 Å². The second-order valence-corrected chi connectivity index (χ2v) is 3.46. The Hall–Kier alpha value is -1.34. The van der Waals surface area contributed by atoms with Gasteiger partial charge in [-0.2, -0.15) is 10.4 Å². The number of hydrogen-bond acceptors (Lipinski definition) is 3. The molecule has 0 N–H and O–H groups in total. The average Bonchev–Trinajstić information content (AvgIpc) is 2.24. The first kappa shape index (κ1) is 13.7. The fourth-order valence-electron chi connectivity index (χ4n) is 0.837. The molecule has 0 bridgehead atoms. The molecule has 0 aliphatic heterocycles. The maximum Gasteiger partial charge on any atom is 0.268 e. The molecule has 1 aromatic rings. The quantitative estimate of drug-likeness (QED) is 0.739. The van der Waals surface area contributed by atoms with Crippen molar-refractivity contribution >= 4 is 11.6 Å². The molecule has 0 amide bonds. The third-order valence-corrected chi connectivity index (χ3v) is 1.77. The van der Waals surface area contributed by atoms with E-state index in [1.807, 2.05) is 19.9 Å². The first-order chi connectivity index (χ1) is 6.97. The molecule has 1 heterocycles. The molecule has 0 aliphatic carbocycles. The van der Waals surface area contributed by atoms with Crippen molar-refractivity contribution in [1.29, 1.82) is 5.26 Å². The monoisotopic (exact) mass is 227 g/mol. The van der Waals surface area contributed by atoms with Gasteiger partial charge in [-0.05, 0) is 19.9 Å². The van der Waals surface area contributed by atoms with Gasteiger partial charge >= 0.3 is 0 Å². The summed E-state index contributed by atoms with van der Waals surface area (Å²) in [5.41, 5.74) is -1.31. The highest BCUT2D eigenvalue weighted by atomic mass is 35.5. The summed E-state index contributed by atoms with van der Waals surface area (Å²) in [4.78, 5) is 11.3. The van der Waals surface area contributed by atoms with Gasteiger partial charge < -0.3 is 0 Å². The number of hydrogen-bond donors (Lipinski definition) is 0. The van der Waals surface area contributed by atoms with E-state index in [1.54, 1.807) is 13.8 Å². The Morgan fingerprint density at radius 2 is 2.00 bits per heavy atom. The molecule has 0 fully saturated rings. The Morgan fingerprint density at radius 1 is 1.47 bits per heavy atom. The number of aromatic nitrogens is 2. The van der Waals surface area contributed by atoms with Crippen molar-refractivity contribution in [1.82, 2.24) is 9.78 Å². The van der Waals surface area contributed by atoms with E-state index in [2.05, 4.69) is 5.10 Å². The van der Waals surface area contributed by atoms with E-state index in [0.29, 0.717) is 0 Å². The summed E-state index contributed by atoms with van der Waals surface area (Å²) in [7, 11) is 0. The fourth-order valence-corrected chi connectivity index (χ4v) is 0.975. The summed E-state index contributed by atoms with van der Waals surface area (Å²) >= 11 is 5.60. The molecular weight excluding hydrogens is 214 g/mol. The maximum atomic E-state index is 11.3. The van der Waals surface area contributed by atoms with Gasteiger partial charge in [0.25, 0.3) is 5.56 Å². The SMILES string of the molecule is CC.CC(C)(C#N)n1nc(Cl)ccc1=O. The van der Waals surface area contributed by atoms with Crippen LogP contribution in [0.15, 0.2) is 16.9 Å². The molecule has 4 nitrogen and oxygen atoms in total. The minimum Gasteiger partial charge on any atom is -0.268 e. The van der Waals surface area contributed by atoms with Gasteiger partial charge in [0.15, 0.2) is 0 Å². The number of rotatable bonds is 1. The zero-order chi connectivity index (χ0) is 12.1. The van der Waals surface area contributed by atoms with Gasteiger partial charge in [-0.3, -0.25) is 4.79 Å². The summed E-state index contributed by atoms with van der Waals surface area (Å²) in [5, 5.41) is 12.7. The maximum absolute atomic E-state index is 11.3. The van der Waals surface area contributed by atoms with Crippen LogP contribution in [0.25, 0.3) is 0 Å².